The lowest BCUT2D eigenvalue weighted by molar-refractivity contribution is 0.669. The third-order valence-electron chi connectivity index (χ3n) is 20.5. The predicted molar refractivity (Wildman–Crippen MR) is 662 cm³/mol. The summed E-state index contributed by atoms with van der Waals surface area (Å²) in [5.74, 6) is 0. The van der Waals surface area contributed by atoms with Crippen LogP contribution in [0.3, 0.4) is 0 Å². The Hall–Kier alpha value is -12.7. The summed E-state index contributed by atoms with van der Waals surface area (Å²) in [5, 5.41) is 7.46. The van der Waals surface area contributed by atoms with Gasteiger partial charge >= 0.3 is 0 Å². The van der Waals surface area contributed by atoms with Crippen molar-refractivity contribution < 1.29 is 8.83 Å². The van der Waals surface area contributed by atoms with Crippen LogP contribution in [0.15, 0.2) is 409 Å². The van der Waals surface area contributed by atoms with Crippen molar-refractivity contribution in [3.8, 4) is 55.6 Å². The molecule has 22 rings (SSSR count). The van der Waals surface area contributed by atoms with E-state index in [0.717, 1.165) is 27.9 Å². The molecule has 0 unspecified atom stereocenters. The molecule has 0 amide bonds. The minimum atomic E-state index is -0.254. The van der Waals surface area contributed by atoms with Gasteiger partial charge in [0.1, 0.15) is 22.3 Å². The summed E-state index contributed by atoms with van der Waals surface area (Å²) in [6.07, 6.45) is 0. The summed E-state index contributed by atoms with van der Waals surface area (Å²) in [6.45, 7) is 84.0. The molecular weight excluding hydrogens is 1750 g/mol. The molecule has 0 N–H and O–H groups in total. The van der Waals surface area contributed by atoms with Gasteiger partial charge in [0.2, 0.25) is 0 Å². The van der Waals surface area contributed by atoms with Gasteiger partial charge in [-0.25, -0.2) is 0 Å². The van der Waals surface area contributed by atoms with Gasteiger partial charge in [0.05, 0.1) is 10.8 Å². The molecule has 0 bridgehead atoms. The Morgan fingerprint density at radius 3 is 0.657 bits per heavy atom. The van der Waals surface area contributed by atoms with E-state index in [4.69, 9.17) is 8.83 Å². The van der Waals surface area contributed by atoms with Gasteiger partial charge < -0.3 is 8.83 Å². The highest BCUT2D eigenvalue weighted by molar-refractivity contribution is 7.26. The fraction of sp³-hybridized carbons (Fsp3) is 0.314. The SMILES string of the molecule is CC.CC.CC.CC.CC.CC.CC.CC.CC.CC.CC.CC.CC.CC.CC.CC.CC.CC.CC.CC.CC.c1ccc(-c2cccc3c2oc2ccccc23)cc1.c1ccc(-c2cccc3c2sc2ccccc23)cc1.c1ccc(C2(c3ccccc3)c3ccccc3-c3ccccc32)cc1.c1ccc2c(c1)-c1ccccc1C21c2ccccc2-c2ccccc21.c1ccc2c(c1)oc1ccccc12. The Labute approximate surface area is 880 Å². The molecule has 0 atom stereocenters. The van der Waals surface area contributed by atoms with E-state index in [2.05, 4.69) is 340 Å². The summed E-state index contributed by atoms with van der Waals surface area (Å²) in [7, 11) is 0. The first-order valence-electron chi connectivity index (χ1n) is 55.6. The maximum Gasteiger partial charge on any atom is 0.143 e. The molecule has 1 spiro atoms. The van der Waals surface area contributed by atoms with Crippen molar-refractivity contribution in [3.63, 3.8) is 0 Å². The Morgan fingerprint density at radius 2 is 0.350 bits per heavy atom. The van der Waals surface area contributed by atoms with Crippen molar-refractivity contribution in [2.75, 3.05) is 0 Å². The number of rotatable bonds is 4. The molecule has 3 heteroatoms. The third kappa shape index (κ3) is 33.7. The van der Waals surface area contributed by atoms with Crippen LogP contribution in [0.5, 0.6) is 0 Å². The average molecular weight is 1940 g/mol. The van der Waals surface area contributed by atoms with Crippen molar-refractivity contribution in [1.82, 2.24) is 0 Å². The molecule has 0 saturated heterocycles. The summed E-state index contributed by atoms with van der Waals surface area (Å²) in [5.41, 5.74) is 27.5. The second-order valence-corrected chi connectivity index (χ2v) is 26.9. The van der Waals surface area contributed by atoms with Gasteiger partial charge in [-0.1, -0.05) is 667 Å². The molecule has 16 aromatic carbocycles. The Bertz CT molecular complexity index is 5620. The molecule has 0 saturated carbocycles. The molecule has 3 heterocycles. The van der Waals surface area contributed by atoms with E-state index >= 15 is 0 Å². The number of furan rings is 2. The first-order valence-corrected chi connectivity index (χ1v) is 56.4. The molecule has 143 heavy (non-hydrogen) atoms. The van der Waals surface area contributed by atoms with Gasteiger partial charge in [-0.05, 0) is 119 Å². The largest absolute Gasteiger partial charge is 0.456 e. The van der Waals surface area contributed by atoms with Gasteiger partial charge in [-0.2, -0.15) is 0 Å². The van der Waals surface area contributed by atoms with Crippen LogP contribution in [0.4, 0.5) is 0 Å². The van der Waals surface area contributed by atoms with Crippen LogP contribution < -0.4 is 0 Å². The molecule has 2 nitrogen and oxygen atoms in total. The summed E-state index contributed by atoms with van der Waals surface area (Å²) in [4.78, 5) is 0. The quantitative estimate of drug-likeness (QED) is 0.176. The number of benzene rings is 16. The zero-order chi connectivity index (χ0) is 109. The third-order valence-corrected chi connectivity index (χ3v) is 21.8. The normalized spacial score (nSPS) is 9.86. The Morgan fingerprint density at radius 1 is 0.147 bits per heavy atom. The lowest BCUT2D eigenvalue weighted by Crippen LogP contribution is -2.28. The number of hydrogen-bond donors (Lipinski definition) is 0. The highest BCUT2D eigenvalue weighted by Gasteiger charge is 2.51. The monoisotopic (exact) mass is 1940 g/mol. The number of fused-ring (bicyclic) bond motifs is 22. The Balaban J connectivity index is -0.000000778. The van der Waals surface area contributed by atoms with Crippen LogP contribution in [-0.4, -0.2) is 0 Å². The molecule has 0 radical (unpaired) electrons. The van der Waals surface area contributed by atoms with Gasteiger partial charge in [-0.15, -0.1) is 11.3 Å². The Kier molecular flexibility index (Phi) is 81.2. The van der Waals surface area contributed by atoms with E-state index in [1.165, 1.54) is 136 Å². The molecule has 19 aromatic rings. The van der Waals surface area contributed by atoms with Gasteiger partial charge in [0.25, 0.3) is 0 Å². The van der Waals surface area contributed by atoms with Crippen LogP contribution in [0, 0.1) is 0 Å². The first kappa shape index (κ1) is 137. The van der Waals surface area contributed by atoms with Crippen molar-refractivity contribution in [3.05, 3.63) is 445 Å². The van der Waals surface area contributed by atoms with E-state index in [9.17, 15) is 0 Å². The van der Waals surface area contributed by atoms with Gasteiger partial charge in [-0.3, -0.25) is 0 Å². The first-order chi connectivity index (χ1) is 71.2. The lowest BCUT2D eigenvalue weighted by atomic mass is 9.68. The fourth-order valence-corrected chi connectivity index (χ4v) is 17.5. The van der Waals surface area contributed by atoms with Crippen molar-refractivity contribution >= 4 is 75.4 Å². The summed E-state index contributed by atoms with van der Waals surface area (Å²) >= 11 is 1.88. The molecule has 770 valence electrons. The topological polar surface area (TPSA) is 26.3 Å². The van der Waals surface area contributed by atoms with Gasteiger partial charge in [0.15, 0.2) is 0 Å². The van der Waals surface area contributed by atoms with E-state index in [1.807, 2.05) is 363 Å². The van der Waals surface area contributed by atoms with Crippen LogP contribution in [0.2, 0.25) is 0 Å². The maximum absolute atomic E-state index is 6.04. The number of para-hydroxylation sites is 4. The minimum Gasteiger partial charge on any atom is -0.456 e. The standard InChI is InChI=1S/C25H16.C25H18.C18H12O.C18H12S.C12H8O.21C2H6/c1-5-13-21-17(9-1)18-10-2-6-14-22(18)25(21)23-15-7-3-11-19(23)20-12-4-8-16-24(20)25;1-3-11-19(12-4-1)25(20-13-5-2-6-14-20)23-17-9-7-15-21(23)22-16-8-10-18-24(22)25;2*1-2-7-13(8-3-1)14-10-6-11-16-15-9-4-5-12-17(15)19-18(14)16;1-3-7-11-9(5-1)10-6-2-4-8-12(10)13-11;21*1-2/h1-16H;1-18H;2*1-12H;1-8H;21*1-2H3. The number of hydrogen-bond acceptors (Lipinski definition) is 3. The molecule has 0 fully saturated rings. The van der Waals surface area contributed by atoms with E-state index in [0.29, 0.717) is 0 Å². The van der Waals surface area contributed by atoms with Crippen molar-refractivity contribution in [1.29, 1.82) is 0 Å². The number of thiophene rings is 1. The summed E-state index contributed by atoms with van der Waals surface area (Å²) < 4.78 is 14.4. The van der Waals surface area contributed by atoms with Crippen LogP contribution in [0.1, 0.15) is 335 Å². The van der Waals surface area contributed by atoms with Gasteiger partial charge in [0, 0.05) is 47.3 Å². The summed E-state index contributed by atoms with van der Waals surface area (Å²) in [6, 6.07) is 142. The maximum atomic E-state index is 6.04. The highest BCUT2D eigenvalue weighted by atomic mass is 32.1. The smallest absolute Gasteiger partial charge is 0.143 e. The molecular formula is C140H192O2S. The fourth-order valence-electron chi connectivity index (χ4n) is 16.3. The van der Waals surface area contributed by atoms with E-state index in [-0.39, 0.29) is 10.8 Å². The molecule has 3 aromatic heterocycles. The zero-order valence-electron chi connectivity index (χ0n) is 97.3. The van der Waals surface area contributed by atoms with Crippen LogP contribution >= 0.6 is 11.3 Å². The highest BCUT2D eigenvalue weighted by Crippen LogP contribution is 2.63. The van der Waals surface area contributed by atoms with Crippen molar-refractivity contribution in [2.24, 2.45) is 0 Å². The molecule has 3 aliphatic rings. The lowest BCUT2D eigenvalue weighted by Gasteiger charge is -2.33. The molecule has 0 aliphatic heterocycles. The zero-order valence-corrected chi connectivity index (χ0v) is 98.1. The van der Waals surface area contributed by atoms with E-state index < -0.39 is 0 Å². The molecule has 3 aliphatic carbocycles. The van der Waals surface area contributed by atoms with Crippen LogP contribution in [0.25, 0.3) is 120 Å². The predicted octanol–water partition coefficient (Wildman–Crippen LogP) is 48.2. The minimum absolute atomic E-state index is 0.180. The average Bonchev–Trinajstić information content (AvgIpc) is 1.51. The second-order valence-electron chi connectivity index (χ2n) is 25.9. The van der Waals surface area contributed by atoms with E-state index in [1.54, 1.807) is 0 Å². The second kappa shape index (κ2) is 85.0. The van der Waals surface area contributed by atoms with Crippen LogP contribution in [-0.2, 0) is 10.8 Å². The van der Waals surface area contributed by atoms with Crippen molar-refractivity contribution in [2.45, 2.75) is 302 Å².